The van der Waals surface area contributed by atoms with E-state index in [4.69, 9.17) is 23.2 Å². The molecular formula is C13H18Cl2FN. The van der Waals surface area contributed by atoms with E-state index in [1.807, 2.05) is 0 Å². The van der Waals surface area contributed by atoms with E-state index in [1.54, 1.807) is 12.1 Å². The van der Waals surface area contributed by atoms with Crippen molar-refractivity contribution in [2.45, 2.75) is 32.9 Å². The van der Waals surface area contributed by atoms with Crippen molar-refractivity contribution in [2.75, 3.05) is 12.4 Å². The van der Waals surface area contributed by atoms with E-state index in [0.29, 0.717) is 29.1 Å². The van der Waals surface area contributed by atoms with Crippen LogP contribution < -0.4 is 0 Å². The molecule has 0 aliphatic carbocycles. The van der Waals surface area contributed by atoms with Crippen LogP contribution in [-0.4, -0.2) is 23.4 Å². The van der Waals surface area contributed by atoms with Crippen molar-refractivity contribution in [2.24, 2.45) is 0 Å². The molecule has 0 fully saturated rings. The van der Waals surface area contributed by atoms with Crippen molar-refractivity contribution in [3.63, 3.8) is 0 Å². The molecule has 0 radical (unpaired) electrons. The minimum absolute atomic E-state index is 0.242. The van der Waals surface area contributed by atoms with Gasteiger partial charge in [0.25, 0.3) is 0 Å². The van der Waals surface area contributed by atoms with E-state index in [9.17, 15) is 4.39 Å². The van der Waals surface area contributed by atoms with Crippen LogP contribution in [0.15, 0.2) is 18.2 Å². The molecule has 96 valence electrons. The molecule has 0 aromatic heterocycles. The molecule has 0 N–H and O–H groups in total. The van der Waals surface area contributed by atoms with Gasteiger partial charge in [-0.15, -0.1) is 11.6 Å². The van der Waals surface area contributed by atoms with E-state index in [2.05, 4.69) is 18.7 Å². The van der Waals surface area contributed by atoms with E-state index in [0.717, 1.165) is 13.0 Å². The van der Waals surface area contributed by atoms with Gasteiger partial charge in [0, 0.05) is 29.1 Å². The third-order valence-electron chi connectivity index (χ3n) is 2.70. The molecule has 0 bridgehead atoms. The summed E-state index contributed by atoms with van der Waals surface area (Å²) in [4.78, 5) is 2.20. The van der Waals surface area contributed by atoms with Gasteiger partial charge in [-0.3, -0.25) is 4.90 Å². The van der Waals surface area contributed by atoms with Crippen LogP contribution in [0, 0.1) is 5.82 Å². The zero-order chi connectivity index (χ0) is 12.8. The van der Waals surface area contributed by atoms with Crippen LogP contribution in [0.25, 0.3) is 0 Å². The van der Waals surface area contributed by atoms with Crippen LogP contribution in [0.3, 0.4) is 0 Å². The number of halogens is 3. The molecular weight excluding hydrogens is 260 g/mol. The second-order valence-electron chi connectivity index (χ2n) is 4.34. The first kappa shape index (κ1) is 14.7. The maximum absolute atomic E-state index is 13.7. The zero-order valence-corrected chi connectivity index (χ0v) is 11.7. The molecule has 1 aromatic rings. The maximum Gasteiger partial charge on any atom is 0.129 e. The molecule has 0 aliphatic heterocycles. The van der Waals surface area contributed by atoms with Gasteiger partial charge in [-0.25, -0.2) is 4.39 Å². The molecule has 1 aromatic carbocycles. The van der Waals surface area contributed by atoms with Crippen molar-refractivity contribution < 1.29 is 4.39 Å². The number of hydrogen-bond acceptors (Lipinski definition) is 1. The standard InChI is InChI=1S/C13H18Cl2FN/c1-10(2)17(7-3-6-14)9-11-4-5-12(15)8-13(11)16/h4-5,8,10H,3,6-7,9H2,1-2H3. The zero-order valence-electron chi connectivity index (χ0n) is 10.2. The molecule has 0 atom stereocenters. The fraction of sp³-hybridized carbons (Fsp3) is 0.538. The Hall–Kier alpha value is -0.310. The Morgan fingerprint density at radius 1 is 1.35 bits per heavy atom. The minimum atomic E-state index is -0.242. The summed E-state index contributed by atoms with van der Waals surface area (Å²) in [5.74, 6) is 0.390. The van der Waals surface area contributed by atoms with Crippen molar-refractivity contribution in [3.05, 3.63) is 34.6 Å². The molecule has 17 heavy (non-hydrogen) atoms. The van der Waals surface area contributed by atoms with Gasteiger partial charge in [0.15, 0.2) is 0 Å². The Morgan fingerprint density at radius 3 is 2.59 bits per heavy atom. The Morgan fingerprint density at radius 2 is 2.06 bits per heavy atom. The molecule has 4 heteroatoms. The lowest BCUT2D eigenvalue weighted by atomic mass is 10.1. The quantitative estimate of drug-likeness (QED) is 0.700. The molecule has 0 unspecified atom stereocenters. The van der Waals surface area contributed by atoms with Crippen LogP contribution in [0.4, 0.5) is 4.39 Å². The number of alkyl halides is 1. The predicted octanol–water partition coefficient (Wildman–Crippen LogP) is 4.32. The molecule has 0 heterocycles. The molecule has 0 saturated carbocycles. The largest absolute Gasteiger partial charge is 0.297 e. The van der Waals surface area contributed by atoms with Crippen LogP contribution in [0.5, 0.6) is 0 Å². The highest BCUT2D eigenvalue weighted by atomic mass is 35.5. The lowest BCUT2D eigenvalue weighted by molar-refractivity contribution is 0.211. The first-order chi connectivity index (χ1) is 8.04. The van der Waals surface area contributed by atoms with E-state index in [-0.39, 0.29) is 5.82 Å². The lowest BCUT2D eigenvalue weighted by Gasteiger charge is -2.26. The number of nitrogens with zero attached hydrogens (tertiary/aromatic N) is 1. The molecule has 1 nitrogen and oxygen atoms in total. The Kier molecular flexibility index (Phi) is 6.24. The third-order valence-corrected chi connectivity index (χ3v) is 3.20. The first-order valence-electron chi connectivity index (χ1n) is 5.78. The molecule has 1 rings (SSSR count). The van der Waals surface area contributed by atoms with Crippen molar-refractivity contribution in [1.29, 1.82) is 0 Å². The summed E-state index contributed by atoms with van der Waals surface area (Å²) >= 11 is 11.4. The van der Waals surface area contributed by atoms with Crippen LogP contribution in [0.1, 0.15) is 25.8 Å². The van der Waals surface area contributed by atoms with Crippen LogP contribution >= 0.6 is 23.2 Å². The van der Waals surface area contributed by atoms with Gasteiger partial charge >= 0.3 is 0 Å². The second kappa shape index (κ2) is 7.20. The van der Waals surface area contributed by atoms with E-state index < -0.39 is 0 Å². The summed E-state index contributed by atoms with van der Waals surface area (Å²) in [6.07, 6.45) is 0.912. The number of hydrogen-bond donors (Lipinski definition) is 0. The number of rotatable bonds is 6. The summed E-state index contributed by atoms with van der Waals surface area (Å²) in [7, 11) is 0. The average Bonchev–Trinajstić information content (AvgIpc) is 2.26. The summed E-state index contributed by atoms with van der Waals surface area (Å²) in [6.45, 7) is 5.67. The van der Waals surface area contributed by atoms with Gasteiger partial charge in [0.1, 0.15) is 5.82 Å². The van der Waals surface area contributed by atoms with Gasteiger partial charge in [0.2, 0.25) is 0 Å². The fourth-order valence-electron chi connectivity index (χ4n) is 1.65. The highest BCUT2D eigenvalue weighted by Gasteiger charge is 2.12. The van der Waals surface area contributed by atoms with Gasteiger partial charge in [-0.1, -0.05) is 17.7 Å². The van der Waals surface area contributed by atoms with Gasteiger partial charge in [0.05, 0.1) is 0 Å². The number of benzene rings is 1. The van der Waals surface area contributed by atoms with E-state index >= 15 is 0 Å². The Labute approximate surface area is 113 Å². The summed E-state index contributed by atoms with van der Waals surface area (Å²) in [5.41, 5.74) is 0.678. The van der Waals surface area contributed by atoms with Crippen LogP contribution in [-0.2, 0) is 6.54 Å². The molecule has 0 saturated heterocycles. The topological polar surface area (TPSA) is 3.24 Å². The Bertz CT molecular complexity index is 355. The molecule has 0 aliphatic rings. The molecule has 0 amide bonds. The van der Waals surface area contributed by atoms with Crippen molar-refractivity contribution >= 4 is 23.2 Å². The fourth-order valence-corrected chi connectivity index (χ4v) is 1.93. The van der Waals surface area contributed by atoms with Crippen molar-refractivity contribution in [3.8, 4) is 0 Å². The normalized spacial score (nSPS) is 11.5. The monoisotopic (exact) mass is 277 g/mol. The smallest absolute Gasteiger partial charge is 0.129 e. The minimum Gasteiger partial charge on any atom is -0.297 e. The first-order valence-corrected chi connectivity index (χ1v) is 6.69. The van der Waals surface area contributed by atoms with Gasteiger partial charge in [-0.2, -0.15) is 0 Å². The van der Waals surface area contributed by atoms with Gasteiger partial charge in [-0.05, 0) is 38.9 Å². The Balaban J connectivity index is 2.71. The molecule has 0 spiro atoms. The predicted molar refractivity (Wildman–Crippen MR) is 72.3 cm³/mol. The van der Waals surface area contributed by atoms with Gasteiger partial charge < -0.3 is 0 Å². The highest BCUT2D eigenvalue weighted by molar-refractivity contribution is 6.30. The highest BCUT2D eigenvalue weighted by Crippen LogP contribution is 2.17. The lowest BCUT2D eigenvalue weighted by Crippen LogP contribution is -2.31. The average molecular weight is 278 g/mol. The SMILES string of the molecule is CC(C)N(CCCCl)Cc1ccc(Cl)cc1F. The summed E-state index contributed by atoms with van der Waals surface area (Å²) < 4.78 is 13.7. The van der Waals surface area contributed by atoms with Crippen molar-refractivity contribution in [1.82, 2.24) is 4.90 Å². The summed E-state index contributed by atoms with van der Waals surface area (Å²) in [6, 6.07) is 5.19. The maximum atomic E-state index is 13.7. The second-order valence-corrected chi connectivity index (χ2v) is 5.16. The summed E-state index contributed by atoms with van der Waals surface area (Å²) in [5, 5.41) is 0.433. The van der Waals surface area contributed by atoms with E-state index in [1.165, 1.54) is 6.07 Å². The van der Waals surface area contributed by atoms with Crippen LogP contribution in [0.2, 0.25) is 5.02 Å². The third kappa shape index (κ3) is 4.82.